The lowest BCUT2D eigenvalue weighted by Gasteiger charge is -2.32. The van der Waals surface area contributed by atoms with E-state index in [1.165, 1.54) is 68.4 Å². The van der Waals surface area contributed by atoms with E-state index in [1.807, 2.05) is 14.0 Å². The maximum Gasteiger partial charge on any atom is 0.0518 e. The van der Waals surface area contributed by atoms with Crippen LogP contribution < -0.4 is 0 Å². The molecule has 1 aromatic carbocycles. The number of aryl methyl sites for hydroxylation is 1. The molecule has 1 saturated heterocycles. The lowest BCUT2D eigenvalue weighted by molar-refractivity contribution is 0.142. The van der Waals surface area contributed by atoms with Crippen molar-refractivity contribution in [1.29, 1.82) is 0 Å². The van der Waals surface area contributed by atoms with E-state index < -0.39 is 0 Å². The number of rotatable bonds is 10. The first kappa shape index (κ1) is 30.6. The van der Waals surface area contributed by atoms with Gasteiger partial charge in [0.2, 0.25) is 0 Å². The molecule has 3 heteroatoms. The number of piperidine rings is 1. The monoisotopic (exact) mass is 444 g/mol. The van der Waals surface area contributed by atoms with E-state index in [4.69, 9.17) is 4.74 Å². The van der Waals surface area contributed by atoms with Crippen molar-refractivity contribution >= 4 is 5.71 Å². The van der Waals surface area contributed by atoms with Crippen LogP contribution in [-0.2, 0) is 4.74 Å². The van der Waals surface area contributed by atoms with E-state index in [0.717, 1.165) is 37.7 Å². The van der Waals surface area contributed by atoms with E-state index in [1.54, 1.807) is 0 Å². The molecule has 1 heterocycles. The van der Waals surface area contributed by atoms with E-state index in [2.05, 4.69) is 75.4 Å². The van der Waals surface area contributed by atoms with E-state index in [9.17, 15) is 0 Å². The number of likely N-dealkylation sites (tertiary alicyclic amines) is 1. The highest BCUT2D eigenvalue weighted by Crippen LogP contribution is 2.28. The van der Waals surface area contributed by atoms with Crippen LogP contribution in [0.3, 0.4) is 0 Å². The molecule has 0 spiro atoms. The Morgan fingerprint density at radius 1 is 1.03 bits per heavy atom. The number of hydrogen-bond donors (Lipinski definition) is 0. The van der Waals surface area contributed by atoms with Gasteiger partial charge in [0.15, 0.2) is 0 Å². The molecule has 1 aromatic rings. The SMILES string of the molecule is C=C(C)CCCN1CCC(c2ccc(C)cc2)CC1.CCC.CCCOCCC(C)=NC. The Kier molecular flexibility index (Phi) is 19.3. The highest BCUT2D eigenvalue weighted by atomic mass is 16.5. The quantitative estimate of drug-likeness (QED) is 0.208. The maximum absolute atomic E-state index is 5.27. The van der Waals surface area contributed by atoms with Gasteiger partial charge in [0.05, 0.1) is 6.61 Å². The highest BCUT2D eigenvalue weighted by Gasteiger charge is 2.19. The minimum atomic E-state index is 0.776. The van der Waals surface area contributed by atoms with Crippen LogP contribution in [-0.4, -0.2) is 50.5 Å². The molecule has 1 aliphatic rings. The molecule has 0 amide bonds. The van der Waals surface area contributed by atoms with Gasteiger partial charge in [0.1, 0.15) is 0 Å². The van der Waals surface area contributed by atoms with Gasteiger partial charge in [-0.05, 0) is 84.0 Å². The van der Waals surface area contributed by atoms with Crippen molar-refractivity contribution in [3.05, 3.63) is 47.5 Å². The lowest BCUT2D eigenvalue weighted by atomic mass is 9.89. The summed E-state index contributed by atoms with van der Waals surface area (Å²) in [6.07, 6.45) is 8.40. The molecule has 2 rings (SSSR count). The van der Waals surface area contributed by atoms with Gasteiger partial charge in [-0.1, -0.05) is 62.6 Å². The van der Waals surface area contributed by atoms with Crippen LogP contribution in [0, 0.1) is 6.92 Å². The van der Waals surface area contributed by atoms with Gasteiger partial charge in [-0.3, -0.25) is 4.99 Å². The van der Waals surface area contributed by atoms with Crippen molar-refractivity contribution in [2.45, 2.75) is 92.4 Å². The lowest BCUT2D eigenvalue weighted by Crippen LogP contribution is -2.33. The molecule has 0 unspecified atom stereocenters. The number of ether oxygens (including phenoxy) is 1. The Bertz CT molecular complexity index is 598. The first-order chi connectivity index (χ1) is 15.4. The molecule has 184 valence electrons. The minimum absolute atomic E-state index is 0.776. The number of allylic oxidation sites excluding steroid dienone is 1. The van der Waals surface area contributed by atoms with Crippen LogP contribution in [0.15, 0.2) is 41.4 Å². The molecular formula is C29H52N2O. The Morgan fingerprint density at radius 2 is 1.62 bits per heavy atom. The summed E-state index contributed by atoms with van der Waals surface area (Å²) in [4.78, 5) is 6.64. The molecule has 32 heavy (non-hydrogen) atoms. The Hall–Kier alpha value is -1.45. The number of nitrogens with zero attached hydrogens (tertiary/aromatic N) is 2. The fourth-order valence-electron chi connectivity index (χ4n) is 3.51. The average molecular weight is 445 g/mol. The molecule has 0 atom stereocenters. The summed E-state index contributed by atoms with van der Waals surface area (Å²) in [6, 6.07) is 9.12. The third-order valence-electron chi connectivity index (χ3n) is 5.55. The zero-order chi connectivity index (χ0) is 24.2. The van der Waals surface area contributed by atoms with E-state index in [-0.39, 0.29) is 0 Å². The first-order valence-corrected chi connectivity index (χ1v) is 12.8. The van der Waals surface area contributed by atoms with Crippen molar-refractivity contribution < 1.29 is 4.74 Å². The topological polar surface area (TPSA) is 24.8 Å². The molecule has 0 N–H and O–H groups in total. The normalized spacial score (nSPS) is 14.8. The molecule has 0 aliphatic carbocycles. The maximum atomic E-state index is 5.27. The fraction of sp³-hybridized carbons (Fsp3) is 0.690. The number of hydrogen-bond acceptors (Lipinski definition) is 3. The van der Waals surface area contributed by atoms with Crippen LogP contribution in [0.4, 0.5) is 0 Å². The number of benzene rings is 1. The van der Waals surface area contributed by atoms with Gasteiger partial charge in [-0.15, -0.1) is 6.58 Å². The Labute approximate surface area is 200 Å². The van der Waals surface area contributed by atoms with Crippen molar-refractivity contribution in [2.24, 2.45) is 4.99 Å². The average Bonchev–Trinajstić information content (AvgIpc) is 2.78. The smallest absolute Gasteiger partial charge is 0.0518 e. The second-order valence-corrected chi connectivity index (χ2v) is 9.12. The third-order valence-corrected chi connectivity index (χ3v) is 5.55. The van der Waals surface area contributed by atoms with E-state index >= 15 is 0 Å². The van der Waals surface area contributed by atoms with Crippen molar-refractivity contribution in [3.63, 3.8) is 0 Å². The predicted molar refractivity (Wildman–Crippen MR) is 144 cm³/mol. The van der Waals surface area contributed by atoms with Crippen LogP contribution in [0.25, 0.3) is 0 Å². The molecular weight excluding hydrogens is 392 g/mol. The summed E-state index contributed by atoms with van der Waals surface area (Å²) in [6.45, 7) is 22.1. The summed E-state index contributed by atoms with van der Waals surface area (Å²) < 4.78 is 5.27. The van der Waals surface area contributed by atoms with Crippen LogP contribution in [0.2, 0.25) is 0 Å². The molecule has 0 saturated carbocycles. The van der Waals surface area contributed by atoms with Crippen molar-refractivity contribution in [3.8, 4) is 0 Å². The predicted octanol–water partition coefficient (Wildman–Crippen LogP) is 7.84. The fourth-order valence-corrected chi connectivity index (χ4v) is 3.51. The van der Waals surface area contributed by atoms with E-state index in [0.29, 0.717) is 0 Å². The third kappa shape index (κ3) is 16.2. The summed E-state index contributed by atoms with van der Waals surface area (Å²) >= 11 is 0. The summed E-state index contributed by atoms with van der Waals surface area (Å²) in [5.41, 5.74) is 5.37. The van der Waals surface area contributed by atoms with Crippen molar-refractivity contribution in [1.82, 2.24) is 4.90 Å². The Morgan fingerprint density at radius 3 is 2.12 bits per heavy atom. The second-order valence-electron chi connectivity index (χ2n) is 9.12. The number of aliphatic imine (C=N–C) groups is 1. The summed E-state index contributed by atoms with van der Waals surface area (Å²) in [7, 11) is 1.81. The van der Waals surface area contributed by atoms with Gasteiger partial charge in [0, 0.05) is 25.8 Å². The summed E-state index contributed by atoms with van der Waals surface area (Å²) in [5.74, 6) is 0.776. The largest absolute Gasteiger partial charge is 0.381 e. The van der Waals surface area contributed by atoms with Crippen LogP contribution in [0.5, 0.6) is 0 Å². The van der Waals surface area contributed by atoms with Gasteiger partial charge < -0.3 is 9.64 Å². The standard InChI is InChI=1S/C18H27N.C8H17NO.C3H8/c1-15(2)5-4-12-19-13-10-18(11-14-19)17-8-6-16(3)7-9-17;1-4-6-10-7-5-8(2)9-3;1-3-2/h6-9,18H,1,4-5,10-14H2,2-3H3;4-7H2,1-3H3;3H2,1-2H3. The molecule has 0 bridgehead atoms. The molecule has 3 nitrogen and oxygen atoms in total. The second kappa shape index (κ2) is 20.2. The van der Waals surface area contributed by atoms with Crippen LogP contribution >= 0.6 is 0 Å². The molecule has 1 fully saturated rings. The van der Waals surface area contributed by atoms with Crippen LogP contribution in [0.1, 0.15) is 96.6 Å². The first-order valence-electron chi connectivity index (χ1n) is 12.8. The zero-order valence-corrected chi connectivity index (χ0v) is 22.4. The molecule has 0 radical (unpaired) electrons. The Balaban J connectivity index is 0.000000625. The minimum Gasteiger partial charge on any atom is -0.381 e. The van der Waals surface area contributed by atoms with Crippen molar-refractivity contribution in [2.75, 3.05) is 39.9 Å². The molecule has 1 aliphatic heterocycles. The summed E-state index contributed by atoms with van der Waals surface area (Å²) in [5, 5.41) is 0. The molecule has 0 aromatic heterocycles. The zero-order valence-electron chi connectivity index (χ0n) is 22.4. The van der Waals surface area contributed by atoms with Gasteiger partial charge in [-0.2, -0.15) is 0 Å². The van der Waals surface area contributed by atoms with Gasteiger partial charge in [-0.25, -0.2) is 0 Å². The van der Waals surface area contributed by atoms with Gasteiger partial charge >= 0.3 is 0 Å². The highest BCUT2D eigenvalue weighted by molar-refractivity contribution is 5.81. The van der Waals surface area contributed by atoms with Gasteiger partial charge in [0.25, 0.3) is 0 Å².